The van der Waals surface area contributed by atoms with Gasteiger partial charge in [0.1, 0.15) is 11.5 Å². The summed E-state index contributed by atoms with van der Waals surface area (Å²) in [6.07, 6.45) is 2.49. The third kappa shape index (κ3) is 4.43. The second-order valence-corrected chi connectivity index (χ2v) is 10.6. The van der Waals surface area contributed by atoms with E-state index in [1.165, 1.54) is 29.9 Å². The minimum absolute atomic E-state index is 0.00856. The van der Waals surface area contributed by atoms with Crippen LogP contribution in [0.5, 0.6) is 0 Å². The summed E-state index contributed by atoms with van der Waals surface area (Å²) in [4.78, 5) is 14.6. The Bertz CT molecular complexity index is 1230. The maximum Gasteiger partial charge on any atom is 0.274 e. The van der Waals surface area contributed by atoms with E-state index in [1.54, 1.807) is 11.0 Å². The molecule has 1 aliphatic rings. The minimum atomic E-state index is -3.62. The number of rotatable bonds is 6. The molecule has 1 aliphatic heterocycles. The van der Waals surface area contributed by atoms with Crippen LogP contribution in [0.3, 0.4) is 0 Å². The van der Waals surface area contributed by atoms with E-state index in [-0.39, 0.29) is 23.8 Å². The van der Waals surface area contributed by atoms with E-state index >= 15 is 0 Å². The minimum Gasteiger partial charge on any atom is -0.355 e. The first-order valence-electron chi connectivity index (χ1n) is 9.61. The van der Waals surface area contributed by atoms with Gasteiger partial charge in [0, 0.05) is 37.9 Å². The number of imidazole rings is 1. The fourth-order valence-corrected chi connectivity index (χ4v) is 4.99. The summed E-state index contributed by atoms with van der Waals surface area (Å²) in [5.74, 6) is -4.78. The van der Waals surface area contributed by atoms with Crippen molar-refractivity contribution in [2.24, 2.45) is 11.8 Å². The SMILES string of the molecule is C[C@@H]1CN(c2ccnc(-c3cnc4sc(C(F)F)cn34)n2)C[C@H](CNS(C)(=O)=O)C1(F)F. The zero-order valence-corrected chi connectivity index (χ0v) is 18.7. The fraction of sp³-hybridized carbons (Fsp3) is 0.500. The quantitative estimate of drug-likeness (QED) is 0.532. The number of nitrogens with zero attached hydrogens (tertiary/aromatic N) is 5. The Hall–Kier alpha value is -2.32. The van der Waals surface area contributed by atoms with Crippen LogP contribution in [0.1, 0.15) is 18.2 Å². The lowest BCUT2D eigenvalue weighted by molar-refractivity contribution is -0.108. The van der Waals surface area contributed by atoms with Crippen molar-refractivity contribution in [3.8, 4) is 11.5 Å². The van der Waals surface area contributed by atoms with Gasteiger partial charge in [0.2, 0.25) is 10.0 Å². The van der Waals surface area contributed by atoms with Crippen LogP contribution in [0, 0.1) is 11.8 Å². The molecular weight excluding hydrogens is 472 g/mol. The van der Waals surface area contributed by atoms with Crippen molar-refractivity contribution in [1.29, 1.82) is 0 Å². The number of halogens is 4. The molecule has 174 valence electrons. The van der Waals surface area contributed by atoms with E-state index < -0.39 is 40.8 Å². The second-order valence-electron chi connectivity index (χ2n) is 7.77. The summed E-state index contributed by atoms with van der Waals surface area (Å²) in [7, 11) is -3.62. The molecule has 1 saturated heterocycles. The van der Waals surface area contributed by atoms with E-state index in [0.29, 0.717) is 16.5 Å². The molecule has 0 amide bonds. The molecule has 0 unspecified atom stereocenters. The Morgan fingerprint density at radius 1 is 1.31 bits per heavy atom. The zero-order chi connectivity index (χ0) is 23.3. The average molecular weight is 493 g/mol. The van der Waals surface area contributed by atoms with E-state index in [9.17, 15) is 26.0 Å². The summed E-state index contributed by atoms with van der Waals surface area (Å²) in [6.45, 7) is 0.888. The maximum atomic E-state index is 14.7. The first kappa shape index (κ1) is 22.9. The number of aromatic nitrogens is 4. The number of anilines is 1. The summed E-state index contributed by atoms with van der Waals surface area (Å²) in [5.41, 5.74) is 0.399. The maximum absolute atomic E-state index is 14.7. The van der Waals surface area contributed by atoms with Crippen molar-refractivity contribution in [3.63, 3.8) is 0 Å². The van der Waals surface area contributed by atoms with Gasteiger partial charge in [-0.15, -0.1) is 0 Å². The predicted molar refractivity (Wildman–Crippen MR) is 112 cm³/mol. The van der Waals surface area contributed by atoms with Gasteiger partial charge in [-0.05, 0) is 6.07 Å². The molecule has 0 bridgehead atoms. The van der Waals surface area contributed by atoms with Crippen LogP contribution in [0.25, 0.3) is 16.5 Å². The molecule has 2 atom stereocenters. The van der Waals surface area contributed by atoms with Gasteiger partial charge in [-0.2, -0.15) is 0 Å². The van der Waals surface area contributed by atoms with Crippen LogP contribution in [0.2, 0.25) is 0 Å². The van der Waals surface area contributed by atoms with Crippen molar-refractivity contribution in [1.82, 2.24) is 24.1 Å². The molecule has 0 saturated carbocycles. The molecule has 4 rings (SSSR count). The van der Waals surface area contributed by atoms with E-state index in [2.05, 4.69) is 19.7 Å². The molecule has 0 spiro atoms. The van der Waals surface area contributed by atoms with Gasteiger partial charge < -0.3 is 4.90 Å². The largest absolute Gasteiger partial charge is 0.355 e. The van der Waals surface area contributed by atoms with Crippen LogP contribution in [-0.4, -0.2) is 59.6 Å². The molecule has 14 heteroatoms. The Morgan fingerprint density at radius 3 is 2.75 bits per heavy atom. The third-order valence-corrected chi connectivity index (χ3v) is 7.06. The summed E-state index contributed by atoms with van der Waals surface area (Å²) in [6, 6.07) is 1.57. The highest BCUT2D eigenvalue weighted by atomic mass is 32.2. The molecule has 1 N–H and O–H groups in total. The normalized spacial score (nSPS) is 21.5. The van der Waals surface area contributed by atoms with Gasteiger partial charge in [-0.25, -0.2) is 45.7 Å². The first-order chi connectivity index (χ1) is 15.0. The van der Waals surface area contributed by atoms with Gasteiger partial charge in [-0.1, -0.05) is 18.3 Å². The van der Waals surface area contributed by atoms with Crippen molar-refractivity contribution >= 4 is 32.1 Å². The molecule has 4 heterocycles. The summed E-state index contributed by atoms with van der Waals surface area (Å²) >= 11 is 0.857. The fourth-order valence-electron chi connectivity index (χ4n) is 3.67. The van der Waals surface area contributed by atoms with Crippen molar-refractivity contribution in [2.75, 3.05) is 30.8 Å². The zero-order valence-electron chi connectivity index (χ0n) is 17.0. The number of piperidine rings is 1. The topological polar surface area (TPSA) is 92.5 Å². The van der Waals surface area contributed by atoms with Crippen molar-refractivity contribution in [3.05, 3.63) is 29.5 Å². The van der Waals surface area contributed by atoms with E-state index in [4.69, 9.17) is 0 Å². The Morgan fingerprint density at radius 2 is 2.06 bits per heavy atom. The number of fused-ring (bicyclic) bond motifs is 1. The highest BCUT2D eigenvalue weighted by Gasteiger charge is 2.49. The number of hydrogen-bond acceptors (Lipinski definition) is 7. The number of hydrogen-bond donors (Lipinski definition) is 1. The molecule has 0 aromatic carbocycles. The Balaban J connectivity index is 1.63. The van der Waals surface area contributed by atoms with E-state index in [0.717, 1.165) is 17.6 Å². The van der Waals surface area contributed by atoms with Crippen LogP contribution in [0.15, 0.2) is 24.7 Å². The van der Waals surface area contributed by atoms with Crippen molar-refractivity contribution < 1.29 is 26.0 Å². The van der Waals surface area contributed by atoms with Gasteiger partial charge in [0.05, 0.1) is 23.2 Å². The summed E-state index contributed by atoms with van der Waals surface area (Å²) < 4.78 is 81.9. The van der Waals surface area contributed by atoms with Gasteiger partial charge in [0.15, 0.2) is 10.8 Å². The predicted octanol–water partition coefficient (Wildman–Crippen LogP) is 3.05. The number of nitrogens with one attached hydrogen (secondary N) is 1. The molecule has 3 aromatic rings. The lowest BCUT2D eigenvalue weighted by atomic mass is 9.86. The highest BCUT2D eigenvalue weighted by Crippen LogP contribution is 2.39. The average Bonchev–Trinajstić information content (AvgIpc) is 3.29. The molecule has 8 nitrogen and oxygen atoms in total. The standard InChI is InChI=1S/C18H20F4N6O2S2/c1-10-7-27(8-11(18(10,21)22)5-25-32(2,29)30)14-3-4-23-16(26-14)12-6-24-17-28(12)9-13(31-17)15(19)20/h3-4,6,9-11,15,25H,5,7-8H2,1-2H3/t10-,11+/m1/s1. The molecule has 0 radical (unpaired) electrons. The third-order valence-electron chi connectivity index (χ3n) is 5.37. The highest BCUT2D eigenvalue weighted by molar-refractivity contribution is 7.88. The summed E-state index contributed by atoms with van der Waals surface area (Å²) in [5, 5.41) is 0. The molecule has 32 heavy (non-hydrogen) atoms. The molecule has 1 fully saturated rings. The lowest BCUT2D eigenvalue weighted by Gasteiger charge is -2.43. The first-order valence-corrected chi connectivity index (χ1v) is 12.3. The van der Waals surface area contributed by atoms with Gasteiger partial charge >= 0.3 is 0 Å². The number of sulfonamides is 1. The lowest BCUT2D eigenvalue weighted by Crippen LogP contribution is -2.56. The molecule has 3 aromatic heterocycles. The van der Waals surface area contributed by atoms with Gasteiger partial charge in [-0.3, -0.25) is 4.40 Å². The smallest absolute Gasteiger partial charge is 0.274 e. The van der Waals surface area contributed by atoms with Crippen molar-refractivity contribution in [2.45, 2.75) is 19.3 Å². The Kier molecular flexibility index (Phi) is 5.88. The molecular formula is C18H20F4N6O2S2. The van der Waals surface area contributed by atoms with Crippen LogP contribution in [-0.2, 0) is 10.0 Å². The number of thiazole rings is 1. The van der Waals surface area contributed by atoms with Gasteiger partial charge in [0.25, 0.3) is 12.3 Å². The monoisotopic (exact) mass is 492 g/mol. The second kappa shape index (κ2) is 8.23. The van der Waals surface area contributed by atoms with Crippen LogP contribution < -0.4 is 9.62 Å². The molecule has 0 aliphatic carbocycles. The Labute approximate surface area is 185 Å². The van der Waals surface area contributed by atoms with Crippen LogP contribution in [0.4, 0.5) is 23.4 Å². The van der Waals surface area contributed by atoms with Crippen LogP contribution >= 0.6 is 11.3 Å². The number of alkyl halides is 4. The van der Waals surface area contributed by atoms with E-state index in [1.807, 2.05) is 0 Å².